The summed E-state index contributed by atoms with van der Waals surface area (Å²) in [5.74, 6) is 0.582. The first kappa shape index (κ1) is 12.2. The van der Waals surface area contributed by atoms with Crippen molar-refractivity contribution in [2.75, 3.05) is 6.54 Å². The van der Waals surface area contributed by atoms with Gasteiger partial charge in [0.05, 0.1) is 6.04 Å². The first-order valence-corrected chi connectivity index (χ1v) is 6.76. The third kappa shape index (κ3) is 2.48. The Morgan fingerprint density at radius 2 is 2.05 bits per heavy atom. The molecule has 1 saturated carbocycles. The number of carbonyl (C=O) groups excluding carboxylic acids is 2. The maximum absolute atomic E-state index is 12.0. The van der Waals surface area contributed by atoms with E-state index in [9.17, 15) is 9.59 Å². The number of carbonyl (C=O) groups is 2. The molecular formula is C15H18N2O2. The molecule has 1 aliphatic heterocycles. The second-order valence-corrected chi connectivity index (χ2v) is 5.47. The summed E-state index contributed by atoms with van der Waals surface area (Å²) in [6.45, 7) is 2.16. The molecule has 3 atom stereocenters. The van der Waals surface area contributed by atoms with Gasteiger partial charge in [-0.05, 0) is 12.0 Å². The fraction of sp³-hybridized carbons (Fsp3) is 0.467. The maximum atomic E-state index is 12.0. The van der Waals surface area contributed by atoms with E-state index >= 15 is 0 Å². The molecule has 100 valence electrons. The fourth-order valence-electron chi connectivity index (χ4n) is 3.02. The van der Waals surface area contributed by atoms with Crippen LogP contribution >= 0.6 is 0 Å². The van der Waals surface area contributed by atoms with E-state index < -0.39 is 0 Å². The minimum absolute atomic E-state index is 0.0120. The van der Waals surface area contributed by atoms with E-state index in [1.807, 2.05) is 23.1 Å². The van der Waals surface area contributed by atoms with Gasteiger partial charge in [-0.2, -0.15) is 0 Å². The van der Waals surface area contributed by atoms with Crippen molar-refractivity contribution in [2.24, 2.45) is 0 Å². The van der Waals surface area contributed by atoms with Crippen molar-refractivity contribution in [3.05, 3.63) is 35.9 Å². The summed E-state index contributed by atoms with van der Waals surface area (Å²) in [5.41, 5.74) is 1.31. The molecule has 1 aromatic carbocycles. The van der Waals surface area contributed by atoms with E-state index in [0.717, 1.165) is 6.42 Å². The van der Waals surface area contributed by atoms with E-state index in [-0.39, 0.29) is 17.9 Å². The highest BCUT2D eigenvalue weighted by molar-refractivity contribution is 5.82. The van der Waals surface area contributed by atoms with Crippen molar-refractivity contribution in [1.29, 1.82) is 0 Å². The molecule has 0 spiro atoms. The average molecular weight is 258 g/mol. The molecule has 0 aromatic heterocycles. The van der Waals surface area contributed by atoms with E-state index in [4.69, 9.17) is 0 Å². The van der Waals surface area contributed by atoms with Crippen molar-refractivity contribution in [3.63, 3.8) is 0 Å². The normalized spacial score (nSPS) is 29.4. The lowest BCUT2D eigenvalue weighted by molar-refractivity contribution is -0.128. The largest absolute Gasteiger partial charge is 0.351 e. The fourth-order valence-corrected chi connectivity index (χ4v) is 3.02. The van der Waals surface area contributed by atoms with Crippen LogP contribution in [0.1, 0.15) is 31.2 Å². The number of hydrogen-bond acceptors (Lipinski definition) is 2. The lowest BCUT2D eigenvalue weighted by atomic mass is 10.1. The first-order valence-electron chi connectivity index (χ1n) is 6.76. The Kier molecular flexibility index (Phi) is 3.01. The van der Waals surface area contributed by atoms with Gasteiger partial charge in [0, 0.05) is 31.8 Å². The standard InChI is InChI=1S/C15H18N2O2/c1-10(18)16-12-7-15(19)17(9-12)14-8-13(14)11-5-3-2-4-6-11/h2-6,12-14H,7-9H2,1H3,(H,16,18)/t12-,13+,14-/m1/s1. The van der Waals surface area contributed by atoms with Gasteiger partial charge in [-0.25, -0.2) is 0 Å². The van der Waals surface area contributed by atoms with Crippen molar-refractivity contribution in [1.82, 2.24) is 10.2 Å². The zero-order chi connectivity index (χ0) is 13.4. The van der Waals surface area contributed by atoms with Crippen molar-refractivity contribution in [3.8, 4) is 0 Å². The Morgan fingerprint density at radius 1 is 1.32 bits per heavy atom. The molecule has 4 heteroatoms. The van der Waals surface area contributed by atoms with Crippen LogP contribution in [0.25, 0.3) is 0 Å². The first-order chi connectivity index (χ1) is 9.15. The summed E-state index contributed by atoms with van der Waals surface area (Å²) >= 11 is 0. The highest BCUT2D eigenvalue weighted by atomic mass is 16.2. The number of benzene rings is 1. The summed E-state index contributed by atoms with van der Waals surface area (Å²) in [4.78, 5) is 25.0. The molecule has 0 bridgehead atoms. The monoisotopic (exact) mass is 258 g/mol. The van der Waals surface area contributed by atoms with Gasteiger partial charge in [0.25, 0.3) is 0 Å². The van der Waals surface area contributed by atoms with Crippen LogP contribution in [0.3, 0.4) is 0 Å². The Hall–Kier alpha value is -1.84. The van der Waals surface area contributed by atoms with Gasteiger partial charge in [-0.3, -0.25) is 9.59 Å². The van der Waals surface area contributed by atoms with Crippen LogP contribution in [-0.4, -0.2) is 35.3 Å². The number of amides is 2. The van der Waals surface area contributed by atoms with Crippen molar-refractivity contribution < 1.29 is 9.59 Å². The van der Waals surface area contributed by atoms with E-state index in [1.54, 1.807) is 0 Å². The van der Waals surface area contributed by atoms with Crippen LogP contribution in [0.2, 0.25) is 0 Å². The summed E-state index contributed by atoms with van der Waals surface area (Å²) in [5, 5.41) is 2.84. The predicted molar refractivity (Wildman–Crippen MR) is 71.5 cm³/mol. The minimum atomic E-state index is -0.0601. The number of nitrogens with zero attached hydrogens (tertiary/aromatic N) is 1. The zero-order valence-electron chi connectivity index (χ0n) is 11.0. The third-order valence-corrected chi connectivity index (χ3v) is 3.95. The van der Waals surface area contributed by atoms with E-state index in [1.165, 1.54) is 12.5 Å². The molecule has 2 amide bonds. The zero-order valence-corrected chi connectivity index (χ0v) is 11.0. The molecule has 1 aromatic rings. The van der Waals surface area contributed by atoms with Crippen molar-refractivity contribution >= 4 is 11.8 Å². The van der Waals surface area contributed by atoms with Crippen molar-refractivity contribution in [2.45, 2.75) is 37.8 Å². The van der Waals surface area contributed by atoms with E-state index in [2.05, 4.69) is 17.4 Å². The minimum Gasteiger partial charge on any atom is -0.351 e. The molecule has 0 unspecified atom stereocenters. The molecule has 1 aliphatic carbocycles. The van der Waals surface area contributed by atoms with Gasteiger partial charge in [0.2, 0.25) is 11.8 Å². The molecule has 1 heterocycles. The second-order valence-electron chi connectivity index (χ2n) is 5.47. The summed E-state index contributed by atoms with van der Waals surface area (Å²) in [7, 11) is 0. The van der Waals surface area contributed by atoms with Crippen LogP contribution in [-0.2, 0) is 9.59 Å². The lowest BCUT2D eigenvalue weighted by Crippen LogP contribution is -2.36. The number of rotatable bonds is 3. The van der Waals surface area contributed by atoms with Gasteiger partial charge < -0.3 is 10.2 Å². The number of nitrogens with one attached hydrogen (secondary N) is 1. The Morgan fingerprint density at radius 3 is 2.74 bits per heavy atom. The van der Waals surface area contributed by atoms with Crippen LogP contribution < -0.4 is 5.32 Å². The topological polar surface area (TPSA) is 49.4 Å². The molecular weight excluding hydrogens is 240 g/mol. The molecule has 0 radical (unpaired) electrons. The molecule has 3 rings (SSSR count). The lowest BCUT2D eigenvalue weighted by Gasteiger charge is -2.17. The van der Waals surface area contributed by atoms with Crippen LogP contribution in [0.5, 0.6) is 0 Å². The SMILES string of the molecule is CC(=O)N[C@@H]1CC(=O)N([C@@H]2C[C@H]2c2ccccc2)C1. The summed E-state index contributed by atoms with van der Waals surface area (Å²) in [6.07, 6.45) is 1.49. The third-order valence-electron chi connectivity index (χ3n) is 3.95. The van der Waals surface area contributed by atoms with Gasteiger partial charge in [0.1, 0.15) is 0 Å². The predicted octanol–water partition coefficient (Wildman–Crippen LogP) is 1.28. The molecule has 1 N–H and O–H groups in total. The Bertz CT molecular complexity index is 500. The second kappa shape index (κ2) is 4.68. The Balaban J connectivity index is 1.63. The molecule has 2 fully saturated rings. The van der Waals surface area contributed by atoms with Gasteiger partial charge >= 0.3 is 0 Å². The molecule has 2 aliphatic rings. The highest BCUT2D eigenvalue weighted by Crippen LogP contribution is 2.45. The maximum Gasteiger partial charge on any atom is 0.225 e. The molecule has 1 saturated heterocycles. The summed E-state index contributed by atoms with van der Waals surface area (Å²) in [6, 6.07) is 10.6. The van der Waals surface area contributed by atoms with Crippen LogP contribution in [0.4, 0.5) is 0 Å². The number of hydrogen-bond donors (Lipinski definition) is 1. The molecule has 19 heavy (non-hydrogen) atoms. The Labute approximate surface area is 112 Å². The molecule has 4 nitrogen and oxygen atoms in total. The van der Waals surface area contributed by atoms with E-state index in [0.29, 0.717) is 24.9 Å². The average Bonchev–Trinajstić information content (AvgIpc) is 3.09. The van der Waals surface area contributed by atoms with Gasteiger partial charge in [-0.1, -0.05) is 30.3 Å². The van der Waals surface area contributed by atoms with Gasteiger partial charge in [-0.15, -0.1) is 0 Å². The highest BCUT2D eigenvalue weighted by Gasteiger charge is 2.47. The van der Waals surface area contributed by atoms with Crippen LogP contribution in [0, 0.1) is 0 Å². The smallest absolute Gasteiger partial charge is 0.225 e. The van der Waals surface area contributed by atoms with Gasteiger partial charge in [0.15, 0.2) is 0 Å². The quantitative estimate of drug-likeness (QED) is 0.888. The summed E-state index contributed by atoms with van der Waals surface area (Å²) < 4.78 is 0. The van der Waals surface area contributed by atoms with Crippen LogP contribution in [0.15, 0.2) is 30.3 Å². The number of likely N-dealkylation sites (tertiary alicyclic amines) is 1.